The van der Waals surface area contributed by atoms with Crippen molar-refractivity contribution in [2.75, 3.05) is 42.6 Å². The van der Waals surface area contributed by atoms with E-state index in [0.29, 0.717) is 18.4 Å². The minimum Gasteiger partial charge on any atom is -0.395 e. The van der Waals surface area contributed by atoms with Gasteiger partial charge in [0.05, 0.1) is 6.61 Å². The summed E-state index contributed by atoms with van der Waals surface area (Å²) < 4.78 is 0. The molecule has 0 radical (unpaired) electrons. The molecular weight excluding hydrogens is 266 g/mol. The molecule has 0 amide bonds. The van der Waals surface area contributed by atoms with Gasteiger partial charge in [0.1, 0.15) is 0 Å². The molecule has 1 saturated heterocycles. The highest BCUT2D eigenvalue weighted by Crippen LogP contribution is 2.20. The minimum absolute atomic E-state index is 0.0718. The SMILES string of the molecule is CCCN(CCO)c1nc(Cl)nc(N2CCCC2)n1. The molecule has 19 heavy (non-hydrogen) atoms. The summed E-state index contributed by atoms with van der Waals surface area (Å²) in [4.78, 5) is 16.9. The van der Waals surface area contributed by atoms with Gasteiger partial charge in [-0.1, -0.05) is 6.92 Å². The van der Waals surface area contributed by atoms with Crippen molar-refractivity contribution in [3.63, 3.8) is 0 Å². The topological polar surface area (TPSA) is 65.4 Å². The molecule has 1 fully saturated rings. The number of halogens is 1. The standard InChI is InChI=1S/C12H20ClN5O/c1-2-5-17(8-9-19)11-14-10(13)15-12(16-11)18-6-3-4-7-18/h19H,2-9H2,1H3. The van der Waals surface area contributed by atoms with Crippen LogP contribution in [0.4, 0.5) is 11.9 Å². The Bertz CT molecular complexity index is 405. The van der Waals surface area contributed by atoms with Gasteiger partial charge in [-0.05, 0) is 30.9 Å². The van der Waals surface area contributed by atoms with Gasteiger partial charge in [-0.2, -0.15) is 15.0 Å². The highest BCUT2D eigenvalue weighted by Gasteiger charge is 2.18. The zero-order valence-corrected chi connectivity index (χ0v) is 12.0. The highest BCUT2D eigenvalue weighted by molar-refractivity contribution is 6.28. The summed E-state index contributed by atoms with van der Waals surface area (Å²) in [6.07, 6.45) is 3.28. The van der Waals surface area contributed by atoms with E-state index in [-0.39, 0.29) is 11.9 Å². The normalized spacial score (nSPS) is 15.0. The number of aliphatic hydroxyl groups is 1. The van der Waals surface area contributed by atoms with Crippen LogP contribution in [0.3, 0.4) is 0 Å². The van der Waals surface area contributed by atoms with Gasteiger partial charge >= 0.3 is 0 Å². The Morgan fingerprint density at radius 3 is 2.58 bits per heavy atom. The van der Waals surface area contributed by atoms with Crippen LogP contribution in [-0.4, -0.2) is 52.8 Å². The second-order valence-corrected chi connectivity index (χ2v) is 4.95. The van der Waals surface area contributed by atoms with E-state index in [1.165, 1.54) is 0 Å². The van der Waals surface area contributed by atoms with Gasteiger partial charge in [0, 0.05) is 26.2 Å². The number of aromatic nitrogens is 3. The average Bonchev–Trinajstić information content (AvgIpc) is 2.91. The van der Waals surface area contributed by atoms with Gasteiger partial charge in [-0.25, -0.2) is 0 Å². The molecule has 0 spiro atoms. The lowest BCUT2D eigenvalue weighted by Gasteiger charge is -2.23. The van der Waals surface area contributed by atoms with Crippen LogP contribution in [0.1, 0.15) is 26.2 Å². The van der Waals surface area contributed by atoms with Gasteiger partial charge in [0.2, 0.25) is 17.2 Å². The van der Waals surface area contributed by atoms with Crippen LogP contribution < -0.4 is 9.80 Å². The molecule has 106 valence electrons. The molecule has 2 heterocycles. The summed E-state index contributed by atoms with van der Waals surface area (Å²) in [5.74, 6) is 1.20. The van der Waals surface area contributed by atoms with E-state index in [9.17, 15) is 0 Å². The second-order valence-electron chi connectivity index (χ2n) is 4.61. The van der Waals surface area contributed by atoms with Crippen molar-refractivity contribution < 1.29 is 5.11 Å². The number of aliphatic hydroxyl groups excluding tert-OH is 1. The molecule has 7 heteroatoms. The van der Waals surface area contributed by atoms with E-state index in [1.807, 2.05) is 4.90 Å². The molecular formula is C12H20ClN5O. The molecule has 6 nitrogen and oxygen atoms in total. The van der Waals surface area contributed by atoms with Gasteiger partial charge in [-0.15, -0.1) is 0 Å². The Morgan fingerprint density at radius 1 is 1.21 bits per heavy atom. The molecule has 2 rings (SSSR count). The van der Waals surface area contributed by atoms with Gasteiger partial charge in [0.25, 0.3) is 0 Å². The van der Waals surface area contributed by atoms with E-state index < -0.39 is 0 Å². The maximum absolute atomic E-state index is 9.12. The summed E-state index contributed by atoms with van der Waals surface area (Å²) >= 11 is 5.99. The lowest BCUT2D eigenvalue weighted by Crippen LogP contribution is -2.30. The molecule has 1 aromatic rings. The molecule has 1 N–H and O–H groups in total. The number of anilines is 2. The fourth-order valence-electron chi connectivity index (χ4n) is 2.23. The molecule has 0 bridgehead atoms. The molecule has 0 atom stereocenters. The first-order chi connectivity index (χ1) is 9.24. The van der Waals surface area contributed by atoms with E-state index in [0.717, 1.165) is 38.9 Å². The van der Waals surface area contributed by atoms with E-state index in [1.54, 1.807) is 0 Å². The smallest absolute Gasteiger partial charge is 0.231 e. The highest BCUT2D eigenvalue weighted by atomic mass is 35.5. The van der Waals surface area contributed by atoms with Crippen molar-refractivity contribution in [1.29, 1.82) is 0 Å². The van der Waals surface area contributed by atoms with E-state index >= 15 is 0 Å². The summed E-state index contributed by atoms with van der Waals surface area (Å²) in [6, 6.07) is 0. The monoisotopic (exact) mass is 285 g/mol. The number of nitrogens with zero attached hydrogens (tertiary/aromatic N) is 5. The first-order valence-electron chi connectivity index (χ1n) is 6.77. The van der Waals surface area contributed by atoms with Crippen LogP contribution in [0.2, 0.25) is 5.28 Å². The van der Waals surface area contributed by atoms with Crippen LogP contribution in [0.25, 0.3) is 0 Å². The fraction of sp³-hybridized carbons (Fsp3) is 0.750. The molecule has 0 unspecified atom stereocenters. The summed E-state index contributed by atoms with van der Waals surface area (Å²) in [5.41, 5.74) is 0. The second kappa shape index (κ2) is 6.86. The minimum atomic E-state index is 0.0718. The first-order valence-corrected chi connectivity index (χ1v) is 7.14. The lowest BCUT2D eigenvalue weighted by atomic mass is 10.4. The third-order valence-electron chi connectivity index (χ3n) is 3.12. The predicted molar refractivity (Wildman–Crippen MR) is 75.9 cm³/mol. The summed E-state index contributed by atoms with van der Waals surface area (Å²) in [7, 11) is 0. The van der Waals surface area contributed by atoms with Crippen LogP contribution in [0.5, 0.6) is 0 Å². The number of hydrogen-bond donors (Lipinski definition) is 1. The first kappa shape index (κ1) is 14.3. The largest absolute Gasteiger partial charge is 0.395 e. The average molecular weight is 286 g/mol. The van der Waals surface area contributed by atoms with Crippen molar-refractivity contribution in [2.45, 2.75) is 26.2 Å². The molecule has 0 saturated carbocycles. The van der Waals surface area contributed by atoms with Crippen molar-refractivity contribution in [1.82, 2.24) is 15.0 Å². The molecule has 0 aliphatic carbocycles. The van der Waals surface area contributed by atoms with Crippen LogP contribution >= 0.6 is 11.6 Å². The van der Waals surface area contributed by atoms with Crippen molar-refractivity contribution in [3.05, 3.63) is 5.28 Å². The fourth-order valence-corrected chi connectivity index (χ4v) is 2.38. The number of rotatable bonds is 6. The van der Waals surface area contributed by atoms with E-state index in [2.05, 4.69) is 26.8 Å². The third kappa shape index (κ3) is 3.67. The van der Waals surface area contributed by atoms with Crippen molar-refractivity contribution >= 4 is 23.5 Å². The van der Waals surface area contributed by atoms with Crippen LogP contribution in [-0.2, 0) is 0 Å². The Labute approximate surface area is 118 Å². The molecule has 1 aliphatic rings. The van der Waals surface area contributed by atoms with Gasteiger partial charge in [-0.3, -0.25) is 0 Å². The number of hydrogen-bond acceptors (Lipinski definition) is 6. The molecule has 0 aromatic carbocycles. The Hall–Kier alpha value is -1.14. The molecule has 1 aliphatic heterocycles. The zero-order valence-electron chi connectivity index (χ0n) is 11.2. The summed E-state index contributed by atoms with van der Waals surface area (Å²) in [6.45, 7) is 5.38. The maximum Gasteiger partial charge on any atom is 0.231 e. The Balaban J connectivity index is 2.23. The van der Waals surface area contributed by atoms with Crippen LogP contribution in [0, 0.1) is 0 Å². The zero-order chi connectivity index (χ0) is 13.7. The quantitative estimate of drug-likeness (QED) is 0.851. The molecule has 1 aromatic heterocycles. The maximum atomic E-state index is 9.12. The van der Waals surface area contributed by atoms with Crippen molar-refractivity contribution in [2.24, 2.45) is 0 Å². The Kier molecular flexibility index (Phi) is 5.15. The predicted octanol–water partition coefficient (Wildman–Crippen LogP) is 1.33. The Morgan fingerprint density at radius 2 is 1.95 bits per heavy atom. The summed E-state index contributed by atoms with van der Waals surface area (Å²) in [5, 5.41) is 9.33. The van der Waals surface area contributed by atoms with Gasteiger partial charge in [0.15, 0.2) is 0 Å². The third-order valence-corrected chi connectivity index (χ3v) is 3.29. The van der Waals surface area contributed by atoms with Gasteiger partial charge < -0.3 is 14.9 Å². The van der Waals surface area contributed by atoms with Crippen LogP contribution in [0.15, 0.2) is 0 Å². The lowest BCUT2D eigenvalue weighted by molar-refractivity contribution is 0.301. The van der Waals surface area contributed by atoms with E-state index in [4.69, 9.17) is 16.7 Å². The van der Waals surface area contributed by atoms with Crippen molar-refractivity contribution in [3.8, 4) is 0 Å².